The van der Waals surface area contributed by atoms with Crippen LogP contribution in [0.1, 0.15) is 52.1 Å². The summed E-state index contributed by atoms with van der Waals surface area (Å²) >= 11 is 0. The number of carbonyl (C=O) groups excluding carboxylic acids is 1. The lowest BCUT2D eigenvalue weighted by Crippen LogP contribution is -2.35. The van der Waals surface area contributed by atoms with Crippen LogP contribution in [0, 0.1) is 11.3 Å². The van der Waals surface area contributed by atoms with Crippen molar-refractivity contribution < 1.29 is 14.3 Å². The number of amides is 1. The fraction of sp³-hybridized carbons (Fsp3) is 0.529. The number of benzene rings is 1. The van der Waals surface area contributed by atoms with E-state index in [0.29, 0.717) is 19.4 Å². The fourth-order valence-electron chi connectivity index (χ4n) is 1.97. The van der Waals surface area contributed by atoms with Crippen LogP contribution in [0.2, 0.25) is 0 Å². The van der Waals surface area contributed by atoms with Crippen molar-refractivity contribution in [3.8, 4) is 11.8 Å². The van der Waals surface area contributed by atoms with Crippen LogP contribution >= 0.6 is 0 Å². The summed E-state index contributed by atoms with van der Waals surface area (Å²) in [6.45, 7) is 7.93. The van der Waals surface area contributed by atoms with Crippen molar-refractivity contribution in [3.05, 3.63) is 29.8 Å². The Morgan fingerprint density at radius 3 is 2.73 bits per heavy atom. The second-order valence-corrected chi connectivity index (χ2v) is 5.90. The highest BCUT2D eigenvalue weighted by Gasteiger charge is 2.20. The first-order chi connectivity index (χ1) is 10.4. The van der Waals surface area contributed by atoms with Gasteiger partial charge in [-0.1, -0.05) is 12.1 Å². The van der Waals surface area contributed by atoms with Crippen molar-refractivity contribution >= 4 is 6.09 Å². The first-order valence-electron chi connectivity index (χ1n) is 7.45. The number of carbonyl (C=O) groups is 1. The van der Waals surface area contributed by atoms with Gasteiger partial charge in [-0.15, -0.1) is 0 Å². The smallest absolute Gasteiger partial charge is 0.408 e. The summed E-state index contributed by atoms with van der Waals surface area (Å²) in [6, 6.07) is 9.34. The molecule has 0 fully saturated rings. The Balaban J connectivity index is 2.86. The van der Waals surface area contributed by atoms with Gasteiger partial charge in [0.2, 0.25) is 0 Å². The van der Waals surface area contributed by atoms with Crippen molar-refractivity contribution in [3.63, 3.8) is 0 Å². The van der Waals surface area contributed by atoms with Gasteiger partial charge in [0.15, 0.2) is 0 Å². The van der Waals surface area contributed by atoms with E-state index in [-0.39, 0.29) is 6.04 Å². The molecule has 22 heavy (non-hydrogen) atoms. The highest BCUT2D eigenvalue weighted by atomic mass is 16.6. The predicted molar refractivity (Wildman–Crippen MR) is 84.6 cm³/mol. The molecule has 0 radical (unpaired) electrons. The molecule has 1 aromatic carbocycles. The van der Waals surface area contributed by atoms with Crippen LogP contribution in [-0.2, 0) is 4.74 Å². The summed E-state index contributed by atoms with van der Waals surface area (Å²) in [6.07, 6.45) is 0.377. The molecule has 1 unspecified atom stereocenters. The SMILES string of the molecule is CCOc1cccc(C(CCC#N)NC(=O)OC(C)(C)C)c1. The molecule has 0 saturated heterocycles. The van der Waals surface area contributed by atoms with Crippen LogP contribution in [0.4, 0.5) is 4.79 Å². The van der Waals surface area contributed by atoms with E-state index in [0.717, 1.165) is 11.3 Å². The van der Waals surface area contributed by atoms with Gasteiger partial charge in [0.1, 0.15) is 11.4 Å². The van der Waals surface area contributed by atoms with E-state index in [4.69, 9.17) is 14.7 Å². The van der Waals surface area contributed by atoms with Crippen molar-refractivity contribution in [2.45, 2.75) is 52.2 Å². The van der Waals surface area contributed by atoms with E-state index >= 15 is 0 Å². The molecule has 5 nitrogen and oxygen atoms in total. The standard InChI is InChI=1S/C17H24N2O3/c1-5-21-14-9-6-8-13(12-14)15(10-7-11-18)19-16(20)22-17(2,3)4/h6,8-9,12,15H,5,7,10H2,1-4H3,(H,19,20). The number of hydrogen-bond donors (Lipinski definition) is 1. The van der Waals surface area contributed by atoms with Crippen molar-refractivity contribution in [2.75, 3.05) is 6.61 Å². The topological polar surface area (TPSA) is 71.3 Å². The zero-order chi connectivity index (χ0) is 16.6. The number of nitrogens with one attached hydrogen (secondary N) is 1. The minimum Gasteiger partial charge on any atom is -0.494 e. The summed E-state index contributed by atoms with van der Waals surface area (Å²) in [7, 11) is 0. The molecule has 0 heterocycles. The molecule has 0 aliphatic rings. The maximum absolute atomic E-state index is 12.0. The minimum atomic E-state index is -0.559. The molecule has 0 aliphatic carbocycles. The molecule has 0 saturated carbocycles. The van der Waals surface area contributed by atoms with E-state index in [1.54, 1.807) is 0 Å². The molecule has 0 aromatic heterocycles. The molecule has 0 aliphatic heterocycles. The van der Waals surface area contributed by atoms with Crippen molar-refractivity contribution in [2.24, 2.45) is 0 Å². The third kappa shape index (κ3) is 6.49. The number of rotatable bonds is 6. The summed E-state index contributed by atoms with van der Waals surface area (Å²) in [5.41, 5.74) is 0.337. The Morgan fingerprint density at radius 2 is 2.14 bits per heavy atom. The van der Waals surface area contributed by atoms with Crippen molar-refractivity contribution in [1.29, 1.82) is 5.26 Å². The van der Waals surface area contributed by atoms with Gasteiger partial charge in [-0.2, -0.15) is 5.26 Å². The Kier molecular flexibility index (Phi) is 6.71. The Labute approximate surface area is 132 Å². The molecular formula is C17H24N2O3. The first-order valence-corrected chi connectivity index (χ1v) is 7.45. The summed E-state index contributed by atoms with van der Waals surface area (Å²) in [5, 5.41) is 11.6. The van der Waals surface area contributed by atoms with Gasteiger partial charge in [-0.25, -0.2) is 4.79 Å². The highest BCUT2D eigenvalue weighted by Crippen LogP contribution is 2.23. The quantitative estimate of drug-likeness (QED) is 0.863. The van der Waals surface area contributed by atoms with Gasteiger partial charge in [-0.3, -0.25) is 0 Å². The zero-order valence-electron chi connectivity index (χ0n) is 13.7. The molecule has 0 bridgehead atoms. The Bertz CT molecular complexity index is 529. The van der Waals surface area contributed by atoms with Crippen LogP contribution in [0.5, 0.6) is 5.75 Å². The number of ether oxygens (including phenoxy) is 2. The normalized spacial score (nSPS) is 12.1. The Hall–Kier alpha value is -2.22. The summed E-state index contributed by atoms with van der Waals surface area (Å²) in [5.74, 6) is 0.743. The largest absolute Gasteiger partial charge is 0.494 e. The lowest BCUT2D eigenvalue weighted by molar-refractivity contribution is 0.0501. The third-order valence-electron chi connectivity index (χ3n) is 2.81. The second-order valence-electron chi connectivity index (χ2n) is 5.90. The van der Waals surface area contributed by atoms with Gasteiger partial charge in [0.25, 0.3) is 0 Å². The number of alkyl carbamates (subject to hydrolysis) is 1. The minimum absolute atomic E-state index is 0.282. The van der Waals surface area contributed by atoms with Crippen molar-refractivity contribution in [1.82, 2.24) is 5.32 Å². The Morgan fingerprint density at radius 1 is 1.41 bits per heavy atom. The van der Waals surface area contributed by atoms with E-state index in [1.807, 2.05) is 52.0 Å². The van der Waals surface area contributed by atoms with E-state index in [1.165, 1.54) is 0 Å². The lowest BCUT2D eigenvalue weighted by atomic mass is 10.0. The molecule has 1 rings (SSSR count). The van der Waals surface area contributed by atoms with E-state index in [2.05, 4.69) is 11.4 Å². The van der Waals surface area contributed by atoms with Crippen LogP contribution in [-0.4, -0.2) is 18.3 Å². The molecule has 0 spiro atoms. The number of nitrogens with zero attached hydrogens (tertiary/aromatic N) is 1. The second kappa shape index (κ2) is 8.28. The van der Waals surface area contributed by atoms with Crippen LogP contribution in [0.15, 0.2) is 24.3 Å². The van der Waals surface area contributed by atoms with E-state index in [9.17, 15) is 4.79 Å². The summed E-state index contributed by atoms with van der Waals surface area (Å²) < 4.78 is 10.8. The van der Waals surface area contributed by atoms with Gasteiger partial charge in [-0.05, 0) is 51.8 Å². The monoisotopic (exact) mass is 304 g/mol. The molecule has 1 atom stereocenters. The third-order valence-corrected chi connectivity index (χ3v) is 2.81. The van der Waals surface area contributed by atoms with Gasteiger partial charge >= 0.3 is 6.09 Å². The predicted octanol–water partition coefficient (Wildman–Crippen LogP) is 3.95. The lowest BCUT2D eigenvalue weighted by Gasteiger charge is -2.23. The fourth-order valence-corrected chi connectivity index (χ4v) is 1.97. The maximum Gasteiger partial charge on any atom is 0.408 e. The molecule has 120 valence electrons. The molecule has 1 amide bonds. The summed E-state index contributed by atoms with van der Waals surface area (Å²) in [4.78, 5) is 12.0. The average molecular weight is 304 g/mol. The van der Waals surface area contributed by atoms with Crippen LogP contribution in [0.3, 0.4) is 0 Å². The van der Waals surface area contributed by atoms with Crippen LogP contribution < -0.4 is 10.1 Å². The van der Waals surface area contributed by atoms with Gasteiger partial charge in [0.05, 0.1) is 18.7 Å². The van der Waals surface area contributed by atoms with E-state index < -0.39 is 11.7 Å². The zero-order valence-corrected chi connectivity index (χ0v) is 13.7. The van der Waals surface area contributed by atoms with Gasteiger partial charge < -0.3 is 14.8 Å². The highest BCUT2D eigenvalue weighted by molar-refractivity contribution is 5.68. The average Bonchev–Trinajstić information content (AvgIpc) is 2.42. The molecule has 1 aromatic rings. The van der Waals surface area contributed by atoms with Gasteiger partial charge in [0, 0.05) is 6.42 Å². The molecule has 1 N–H and O–H groups in total. The molecular weight excluding hydrogens is 280 g/mol. The van der Waals surface area contributed by atoms with Crippen LogP contribution in [0.25, 0.3) is 0 Å². The number of hydrogen-bond acceptors (Lipinski definition) is 4. The number of nitriles is 1. The molecule has 5 heteroatoms. The maximum atomic E-state index is 12.0. The first kappa shape index (κ1) is 17.8.